The molecule has 1 aliphatic rings. The number of halogens is 2. The summed E-state index contributed by atoms with van der Waals surface area (Å²) in [5.74, 6) is 0.571. The van der Waals surface area contributed by atoms with Crippen molar-refractivity contribution in [2.45, 2.75) is 46.2 Å². The molecule has 4 nitrogen and oxygen atoms in total. The van der Waals surface area contributed by atoms with Gasteiger partial charge in [0.1, 0.15) is 0 Å². The minimum absolute atomic E-state index is 0. The molecule has 20 heavy (non-hydrogen) atoms. The number of carbonyl (C=O) groups excluding carboxylic acids is 1. The summed E-state index contributed by atoms with van der Waals surface area (Å²) in [5, 5.41) is 0. The number of piperidine rings is 1. The first-order chi connectivity index (χ1) is 8.16. The van der Waals surface area contributed by atoms with E-state index in [1.807, 2.05) is 23.9 Å². The monoisotopic (exact) mass is 327 g/mol. The number of nitrogens with zero attached hydrogens (tertiary/aromatic N) is 2. The fraction of sp³-hybridized carbons (Fsp3) is 0.929. The first kappa shape index (κ1) is 22.3. The number of likely N-dealkylation sites (tertiary alicyclic amines) is 1. The van der Waals surface area contributed by atoms with Crippen LogP contribution < -0.4 is 5.73 Å². The number of nitrogens with two attached hydrogens (primary N) is 1. The summed E-state index contributed by atoms with van der Waals surface area (Å²) in [7, 11) is 3.95. The summed E-state index contributed by atoms with van der Waals surface area (Å²) >= 11 is 0. The normalized spacial score (nSPS) is 23.1. The van der Waals surface area contributed by atoms with Crippen LogP contribution in [-0.2, 0) is 4.79 Å². The zero-order chi connectivity index (χ0) is 14.1. The lowest BCUT2D eigenvalue weighted by atomic mass is 9.79. The molecular weight excluding hydrogens is 297 g/mol. The van der Waals surface area contributed by atoms with Gasteiger partial charge in [-0.15, -0.1) is 24.8 Å². The predicted molar refractivity (Wildman–Crippen MR) is 89.8 cm³/mol. The van der Waals surface area contributed by atoms with Crippen molar-refractivity contribution < 1.29 is 4.79 Å². The molecule has 1 aliphatic heterocycles. The zero-order valence-corrected chi connectivity index (χ0v) is 15.2. The first-order valence-electron chi connectivity index (χ1n) is 6.87. The average Bonchev–Trinajstić information content (AvgIpc) is 2.20. The van der Waals surface area contributed by atoms with Crippen molar-refractivity contribution in [1.29, 1.82) is 0 Å². The maximum atomic E-state index is 12.6. The van der Waals surface area contributed by atoms with Crippen LogP contribution in [0.25, 0.3) is 0 Å². The van der Waals surface area contributed by atoms with Crippen LogP contribution in [-0.4, -0.2) is 55.0 Å². The number of amides is 1. The highest BCUT2D eigenvalue weighted by atomic mass is 35.5. The molecule has 0 radical (unpaired) electrons. The predicted octanol–water partition coefficient (Wildman–Crippen LogP) is 2.00. The van der Waals surface area contributed by atoms with Gasteiger partial charge in [-0.05, 0) is 31.8 Å². The standard InChI is InChI=1S/C14H29N3O.2ClH/c1-10(2)12(16(5)6)13(18)17-8-7-11(15)14(3,4)9-17;;/h10-12H,7-9,15H2,1-6H3;2*1H/t11?,12-;;/m1../s1. The molecule has 1 unspecified atom stereocenters. The quantitative estimate of drug-likeness (QED) is 0.862. The third-order valence-corrected chi connectivity index (χ3v) is 4.06. The van der Waals surface area contributed by atoms with Gasteiger partial charge in [0, 0.05) is 19.1 Å². The Balaban J connectivity index is 0. The number of hydrogen-bond donors (Lipinski definition) is 1. The van der Waals surface area contributed by atoms with Gasteiger partial charge in [-0.2, -0.15) is 0 Å². The lowest BCUT2D eigenvalue weighted by molar-refractivity contribution is -0.141. The number of likely N-dealkylation sites (N-methyl/N-ethyl adjacent to an activating group) is 1. The van der Waals surface area contributed by atoms with Gasteiger partial charge in [0.25, 0.3) is 0 Å². The molecule has 1 fully saturated rings. The second-order valence-electron chi connectivity index (χ2n) is 6.80. The Morgan fingerprint density at radius 3 is 2.15 bits per heavy atom. The van der Waals surface area contributed by atoms with Gasteiger partial charge in [0.05, 0.1) is 6.04 Å². The molecule has 0 spiro atoms. The van der Waals surface area contributed by atoms with E-state index in [0.717, 1.165) is 19.5 Å². The van der Waals surface area contributed by atoms with Crippen molar-refractivity contribution in [2.24, 2.45) is 17.1 Å². The van der Waals surface area contributed by atoms with E-state index in [0.29, 0.717) is 5.92 Å². The van der Waals surface area contributed by atoms with E-state index in [4.69, 9.17) is 5.73 Å². The van der Waals surface area contributed by atoms with Crippen LogP contribution in [0.1, 0.15) is 34.1 Å². The summed E-state index contributed by atoms with van der Waals surface area (Å²) in [6.07, 6.45) is 0.900. The molecule has 0 saturated carbocycles. The largest absolute Gasteiger partial charge is 0.341 e. The molecule has 1 rings (SSSR count). The second-order valence-corrected chi connectivity index (χ2v) is 6.80. The highest BCUT2D eigenvalue weighted by Crippen LogP contribution is 2.28. The number of hydrogen-bond acceptors (Lipinski definition) is 3. The maximum Gasteiger partial charge on any atom is 0.240 e. The van der Waals surface area contributed by atoms with Gasteiger partial charge in [-0.3, -0.25) is 9.69 Å². The van der Waals surface area contributed by atoms with Crippen molar-refractivity contribution in [2.75, 3.05) is 27.2 Å². The second kappa shape index (κ2) is 8.42. The van der Waals surface area contributed by atoms with Gasteiger partial charge in [-0.1, -0.05) is 27.7 Å². The molecule has 2 atom stereocenters. The third-order valence-electron chi connectivity index (χ3n) is 4.06. The van der Waals surface area contributed by atoms with Crippen LogP contribution in [0.3, 0.4) is 0 Å². The fourth-order valence-corrected chi connectivity index (χ4v) is 2.85. The van der Waals surface area contributed by atoms with E-state index in [-0.39, 0.29) is 48.2 Å². The molecule has 1 saturated heterocycles. The van der Waals surface area contributed by atoms with E-state index in [9.17, 15) is 4.79 Å². The minimum atomic E-state index is -0.0323. The van der Waals surface area contributed by atoms with Crippen LogP contribution in [0.2, 0.25) is 0 Å². The van der Waals surface area contributed by atoms with Gasteiger partial charge in [0.15, 0.2) is 0 Å². The van der Waals surface area contributed by atoms with Crippen molar-refractivity contribution in [3.05, 3.63) is 0 Å². The van der Waals surface area contributed by atoms with E-state index in [1.54, 1.807) is 0 Å². The van der Waals surface area contributed by atoms with E-state index < -0.39 is 0 Å². The third kappa shape index (κ3) is 5.06. The van der Waals surface area contributed by atoms with E-state index >= 15 is 0 Å². The lowest BCUT2D eigenvalue weighted by Gasteiger charge is -2.44. The summed E-state index contributed by atoms with van der Waals surface area (Å²) in [4.78, 5) is 16.6. The summed E-state index contributed by atoms with van der Waals surface area (Å²) < 4.78 is 0. The molecule has 122 valence electrons. The maximum absolute atomic E-state index is 12.6. The zero-order valence-electron chi connectivity index (χ0n) is 13.5. The number of carbonyl (C=O) groups is 1. The average molecular weight is 328 g/mol. The van der Waals surface area contributed by atoms with Crippen LogP contribution >= 0.6 is 24.8 Å². The first-order valence-corrected chi connectivity index (χ1v) is 6.87. The SMILES string of the molecule is CC(C)[C@H](C(=O)N1CCC(N)C(C)(C)C1)N(C)C.Cl.Cl. The molecule has 1 heterocycles. The lowest BCUT2D eigenvalue weighted by Crippen LogP contribution is -2.58. The number of rotatable bonds is 3. The molecule has 6 heteroatoms. The summed E-state index contributed by atoms with van der Waals surface area (Å²) in [5.41, 5.74) is 6.14. The molecule has 0 bridgehead atoms. The van der Waals surface area contributed by atoms with Crippen LogP contribution in [0.4, 0.5) is 0 Å². The Labute approximate surface area is 136 Å². The van der Waals surface area contributed by atoms with Crippen LogP contribution in [0.15, 0.2) is 0 Å². The van der Waals surface area contributed by atoms with E-state index in [2.05, 4.69) is 27.7 Å². The van der Waals surface area contributed by atoms with Crippen molar-refractivity contribution in [3.8, 4) is 0 Å². The van der Waals surface area contributed by atoms with Gasteiger partial charge >= 0.3 is 0 Å². The van der Waals surface area contributed by atoms with Gasteiger partial charge in [-0.25, -0.2) is 0 Å². The summed E-state index contributed by atoms with van der Waals surface area (Å²) in [6.45, 7) is 10.1. The Bertz CT molecular complexity index is 301. The van der Waals surface area contributed by atoms with Crippen molar-refractivity contribution in [1.82, 2.24) is 9.80 Å². The topological polar surface area (TPSA) is 49.6 Å². The van der Waals surface area contributed by atoms with Crippen molar-refractivity contribution in [3.63, 3.8) is 0 Å². The van der Waals surface area contributed by atoms with Crippen molar-refractivity contribution >= 4 is 30.7 Å². The molecule has 1 amide bonds. The Morgan fingerprint density at radius 1 is 1.30 bits per heavy atom. The smallest absolute Gasteiger partial charge is 0.240 e. The molecule has 0 aromatic heterocycles. The Hall–Kier alpha value is -0.0300. The highest BCUT2D eigenvalue weighted by molar-refractivity contribution is 5.85. The summed E-state index contributed by atoms with van der Waals surface area (Å²) in [6, 6.07) is 0.161. The van der Waals surface area contributed by atoms with Crippen LogP contribution in [0.5, 0.6) is 0 Å². The molecular formula is C14H31Cl2N3O. The van der Waals surface area contributed by atoms with Gasteiger partial charge in [0.2, 0.25) is 5.91 Å². The Morgan fingerprint density at radius 2 is 1.80 bits per heavy atom. The molecule has 0 aromatic rings. The minimum Gasteiger partial charge on any atom is -0.341 e. The van der Waals surface area contributed by atoms with Crippen LogP contribution in [0, 0.1) is 11.3 Å². The Kier molecular flexibility index (Phi) is 9.37. The molecule has 0 aliphatic carbocycles. The fourth-order valence-electron chi connectivity index (χ4n) is 2.85. The molecule has 0 aromatic carbocycles. The van der Waals surface area contributed by atoms with E-state index in [1.165, 1.54) is 0 Å². The van der Waals surface area contributed by atoms with Gasteiger partial charge < -0.3 is 10.6 Å². The highest BCUT2D eigenvalue weighted by Gasteiger charge is 2.38. The molecule has 2 N–H and O–H groups in total.